The predicted molar refractivity (Wildman–Crippen MR) is 59.1 cm³/mol. The largest absolute Gasteiger partial charge is 0.336 e. The number of hydrogen-bond donors (Lipinski definition) is 2. The van der Waals surface area contributed by atoms with Crippen LogP contribution in [0, 0.1) is 6.92 Å². The predicted octanol–water partition coefficient (Wildman–Crippen LogP) is 0.0712. The van der Waals surface area contributed by atoms with E-state index in [2.05, 4.69) is 20.4 Å². The Morgan fingerprint density at radius 3 is 2.50 bits per heavy atom. The highest BCUT2D eigenvalue weighted by molar-refractivity contribution is 5.12. The number of nitrogens with zero attached hydrogens (tertiary/aromatic N) is 4. The zero-order chi connectivity index (χ0) is 11.5. The Bertz CT molecular complexity index is 460. The fraction of sp³-hybridized carbons (Fsp3) is 0.300. The van der Waals surface area contributed by atoms with Crippen LogP contribution in [-0.2, 0) is 7.05 Å². The molecule has 84 valence electrons. The van der Waals surface area contributed by atoms with E-state index in [9.17, 15) is 0 Å². The van der Waals surface area contributed by atoms with Crippen LogP contribution in [0.3, 0.4) is 0 Å². The maximum Gasteiger partial charge on any atom is 0.154 e. The van der Waals surface area contributed by atoms with Crippen LogP contribution >= 0.6 is 0 Å². The van der Waals surface area contributed by atoms with Gasteiger partial charge < -0.3 is 4.57 Å². The molecule has 0 aliphatic carbocycles. The Morgan fingerprint density at radius 2 is 2.00 bits per heavy atom. The summed E-state index contributed by atoms with van der Waals surface area (Å²) in [6, 6.07) is -0.291. The minimum atomic E-state index is -0.291. The van der Waals surface area contributed by atoms with E-state index < -0.39 is 0 Å². The number of nitrogens with two attached hydrogens (primary N) is 1. The highest BCUT2D eigenvalue weighted by Crippen LogP contribution is 2.14. The molecule has 16 heavy (non-hydrogen) atoms. The van der Waals surface area contributed by atoms with Gasteiger partial charge in [-0.25, -0.2) is 20.4 Å². The van der Waals surface area contributed by atoms with Gasteiger partial charge in [0.25, 0.3) is 0 Å². The first-order valence-electron chi connectivity index (χ1n) is 4.94. The Labute approximate surface area is 93.5 Å². The first kappa shape index (κ1) is 10.7. The molecule has 1 unspecified atom stereocenters. The fourth-order valence-electron chi connectivity index (χ4n) is 1.47. The van der Waals surface area contributed by atoms with E-state index in [1.807, 2.05) is 24.7 Å². The topological polar surface area (TPSA) is 81.6 Å². The summed E-state index contributed by atoms with van der Waals surface area (Å²) in [6.45, 7) is 1.94. The summed E-state index contributed by atoms with van der Waals surface area (Å²) < 4.78 is 1.88. The minimum absolute atomic E-state index is 0.291. The Kier molecular flexibility index (Phi) is 2.93. The Hall–Kier alpha value is -1.79. The van der Waals surface area contributed by atoms with Gasteiger partial charge in [0.15, 0.2) is 5.82 Å². The maximum absolute atomic E-state index is 5.52. The molecule has 2 aromatic rings. The Morgan fingerprint density at radius 1 is 1.31 bits per heavy atom. The van der Waals surface area contributed by atoms with E-state index in [4.69, 9.17) is 5.84 Å². The molecule has 0 bridgehead atoms. The van der Waals surface area contributed by atoms with Crippen molar-refractivity contribution in [2.24, 2.45) is 12.9 Å². The average molecular weight is 218 g/mol. The van der Waals surface area contributed by atoms with Crippen LogP contribution in [0.25, 0.3) is 0 Å². The lowest BCUT2D eigenvalue weighted by Crippen LogP contribution is -2.32. The SMILES string of the molecule is Cc1cnc(C(NN)c2nccn2C)nc1. The second kappa shape index (κ2) is 4.38. The number of aromatic nitrogens is 4. The minimum Gasteiger partial charge on any atom is -0.336 e. The van der Waals surface area contributed by atoms with Gasteiger partial charge in [-0.05, 0) is 12.5 Å². The third-order valence-corrected chi connectivity index (χ3v) is 2.34. The molecule has 2 heterocycles. The monoisotopic (exact) mass is 218 g/mol. The van der Waals surface area contributed by atoms with Crippen molar-refractivity contribution >= 4 is 0 Å². The summed E-state index contributed by atoms with van der Waals surface area (Å²) in [5, 5.41) is 0. The normalized spacial score (nSPS) is 12.7. The molecule has 3 N–H and O–H groups in total. The molecule has 0 aromatic carbocycles. The van der Waals surface area contributed by atoms with Crippen molar-refractivity contribution in [2.45, 2.75) is 13.0 Å². The van der Waals surface area contributed by atoms with E-state index in [0.29, 0.717) is 5.82 Å². The van der Waals surface area contributed by atoms with Gasteiger partial charge in [0.05, 0.1) is 0 Å². The summed E-state index contributed by atoms with van der Waals surface area (Å²) in [4.78, 5) is 12.7. The van der Waals surface area contributed by atoms with Crippen LogP contribution in [0.4, 0.5) is 0 Å². The molecular formula is C10H14N6. The molecule has 1 atom stereocenters. The summed E-state index contributed by atoms with van der Waals surface area (Å²) in [5.41, 5.74) is 3.69. The van der Waals surface area contributed by atoms with Crippen molar-refractivity contribution in [2.75, 3.05) is 0 Å². The van der Waals surface area contributed by atoms with Crippen LogP contribution < -0.4 is 11.3 Å². The second-order valence-electron chi connectivity index (χ2n) is 3.61. The smallest absolute Gasteiger partial charge is 0.154 e. The molecule has 0 amide bonds. The van der Waals surface area contributed by atoms with Gasteiger partial charge in [-0.1, -0.05) is 0 Å². The molecule has 2 aromatic heterocycles. The summed E-state index contributed by atoms with van der Waals surface area (Å²) >= 11 is 0. The van der Waals surface area contributed by atoms with Crippen molar-refractivity contribution in [3.05, 3.63) is 42.0 Å². The van der Waals surface area contributed by atoms with Crippen LogP contribution in [0.5, 0.6) is 0 Å². The molecule has 0 saturated heterocycles. The van der Waals surface area contributed by atoms with E-state index in [1.54, 1.807) is 18.6 Å². The molecular weight excluding hydrogens is 204 g/mol. The number of nitrogens with one attached hydrogen (secondary N) is 1. The van der Waals surface area contributed by atoms with E-state index >= 15 is 0 Å². The lowest BCUT2D eigenvalue weighted by atomic mass is 10.2. The summed E-state index contributed by atoms with van der Waals surface area (Å²) in [5.74, 6) is 6.92. The zero-order valence-electron chi connectivity index (χ0n) is 9.25. The fourth-order valence-corrected chi connectivity index (χ4v) is 1.47. The van der Waals surface area contributed by atoms with Crippen molar-refractivity contribution in [3.8, 4) is 0 Å². The standard InChI is InChI=1S/C10H14N6/c1-7-5-13-9(14-6-7)8(15-11)10-12-3-4-16(10)2/h3-6,8,15H,11H2,1-2H3. The third-order valence-electron chi connectivity index (χ3n) is 2.34. The summed E-state index contributed by atoms with van der Waals surface area (Å²) in [6.07, 6.45) is 7.09. The molecule has 0 spiro atoms. The van der Waals surface area contributed by atoms with E-state index in [1.165, 1.54) is 0 Å². The molecule has 0 fully saturated rings. The first-order chi connectivity index (χ1) is 7.72. The van der Waals surface area contributed by atoms with Crippen molar-refractivity contribution in [1.82, 2.24) is 24.9 Å². The third kappa shape index (κ3) is 1.93. The van der Waals surface area contributed by atoms with Gasteiger partial charge in [-0.3, -0.25) is 5.84 Å². The van der Waals surface area contributed by atoms with Crippen molar-refractivity contribution in [1.29, 1.82) is 0 Å². The van der Waals surface area contributed by atoms with Gasteiger partial charge in [0.1, 0.15) is 11.9 Å². The second-order valence-corrected chi connectivity index (χ2v) is 3.61. The van der Waals surface area contributed by atoms with E-state index in [0.717, 1.165) is 11.4 Å². The number of imidazole rings is 1. The van der Waals surface area contributed by atoms with Gasteiger partial charge >= 0.3 is 0 Å². The van der Waals surface area contributed by atoms with Crippen molar-refractivity contribution in [3.63, 3.8) is 0 Å². The molecule has 2 rings (SSSR count). The highest BCUT2D eigenvalue weighted by Gasteiger charge is 2.18. The van der Waals surface area contributed by atoms with Crippen LogP contribution in [0.1, 0.15) is 23.3 Å². The van der Waals surface area contributed by atoms with Gasteiger partial charge in [0.2, 0.25) is 0 Å². The first-order valence-corrected chi connectivity index (χ1v) is 4.94. The molecule has 0 aliphatic rings. The lowest BCUT2D eigenvalue weighted by molar-refractivity contribution is 0.551. The van der Waals surface area contributed by atoms with Crippen LogP contribution in [-0.4, -0.2) is 19.5 Å². The number of hydrogen-bond acceptors (Lipinski definition) is 5. The van der Waals surface area contributed by atoms with Crippen molar-refractivity contribution < 1.29 is 0 Å². The lowest BCUT2D eigenvalue weighted by Gasteiger charge is -2.13. The van der Waals surface area contributed by atoms with Crippen LogP contribution in [0.15, 0.2) is 24.8 Å². The maximum atomic E-state index is 5.52. The molecule has 0 saturated carbocycles. The average Bonchev–Trinajstić information content (AvgIpc) is 2.69. The van der Waals surface area contributed by atoms with Gasteiger partial charge in [-0.15, -0.1) is 0 Å². The number of aryl methyl sites for hydroxylation is 2. The zero-order valence-corrected chi connectivity index (χ0v) is 9.25. The molecule has 6 nitrogen and oxygen atoms in total. The molecule has 6 heteroatoms. The Balaban J connectivity index is 2.37. The number of hydrazine groups is 1. The summed E-state index contributed by atoms with van der Waals surface area (Å²) in [7, 11) is 1.90. The molecule has 0 radical (unpaired) electrons. The van der Waals surface area contributed by atoms with E-state index in [-0.39, 0.29) is 6.04 Å². The number of rotatable bonds is 3. The highest BCUT2D eigenvalue weighted by atomic mass is 15.3. The molecule has 0 aliphatic heterocycles. The van der Waals surface area contributed by atoms with Gasteiger partial charge in [0, 0.05) is 31.8 Å². The van der Waals surface area contributed by atoms with Crippen LogP contribution in [0.2, 0.25) is 0 Å². The quantitative estimate of drug-likeness (QED) is 0.563. The van der Waals surface area contributed by atoms with Gasteiger partial charge in [-0.2, -0.15) is 0 Å².